The van der Waals surface area contributed by atoms with Crippen molar-refractivity contribution in [3.63, 3.8) is 0 Å². The number of nitrogens with zero attached hydrogens (tertiary/aromatic N) is 2. The van der Waals surface area contributed by atoms with Crippen molar-refractivity contribution >= 4 is 5.82 Å². The second-order valence-corrected chi connectivity index (χ2v) is 3.65. The zero-order valence-electron chi connectivity index (χ0n) is 8.61. The molecule has 1 atom stereocenters. The summed E-state index contributed by atoms with van der Waals surface area (Å²) < 4.78 is 0. The van der Waals surface area contributed by atoms with Crippen LogP contribution in [0.5, 0.6) is 0 Å². The lowest BCUT2D eigenvalue weighted by atomic mass is 10.1. The lowest BCUT2D eigenvalue weighted by Crippen LogP contribution is -2.51. The minimum atomic E-state index is 0.596. The summed E-state index contributed by atoms with van der Waals surface area (Å²) >= 11 is 0. The number of rotatable bonds is 2. The highest BCUT2D eigenvalue weighted by atomic mass is 15.3. The molecule has 1 N–H and O–H groups in total. The van der Waals surface area contributed by atoms with E-state index < -0.39 is 0 Å². The molecule has 14 heavy (non-hydrogen) atoms. The summed E-state index contributed by atoms with van der Waals surface area (Å²) in [5.41, 5.74) is 0. The summed E-state index contributed by atoms with van der Waals surface area (Å²) in [5, 5.41) is 3.42. The largest absolute Gasteiger partial charge is 0.351 e. The first-order valence-corrected chi connectivity index (χ1v) is 5.30. The Labute approximate surface area is 85.1 Å². The minimum absolute atomic E-state index is 0.596. The number of hydrogen-bond acceptors (Lipinski definition) is 3. The first-order valence-electron chi connectivity index (χ1n) is 5.30. The molecule has 2 heterocycles. The highest BCUT2D eigenvalue weighted by Crippen LogP contribution is 2.16. The molecule has 76 valence electrons. The molecule has 0 amide bonds. The van der Waals surface area contributed by atoms with Crippen LogP contribution in [0.4, 0.5) is 5.82 Å². The molecule has 0 radical (unpaired) electrons. The van der Waals surface area contributed by atoms with Gasteiger partial charge in [-0.1, -0.05) is 13.0 Å². The third-order valence-corrected chi connectivity index (χ3v) is 2.77. The van der Waals surface area contributed by atoms with Gasteiger partial charge in [0, 0.05) is 31.9 Å². The van der Waals surface area contributed by atoms with Gasteiger partial charge in [-0.15, -0.1) is 0 Å². The molecule has 1 aromatic rings. The Morgan fingerprint density at radius 1 is 1.57 bits per heavy atom. The summed E-state index contributed by atoms with van der Waals surface area (Å²) in [5.74, 6) is 1.11. The second-order valence-electron chi connectivity index (χ2n) is 3.65. The van der Waals surface area contributed by atoms with Crippen molar-refractivity contribution in [2.75, 3.05) is 24.5 Å². The van der Waals surface area contributed by atoms with Crippen LogP contribution in [-0.2, 0) is 0 Å². The van der Waals surface area contributed by atoms with Gasteiger partial charge in [-0.25, -0.2) is 4.98 Å². The predicted molar refractivity (Wildman–Crippen MR) is 58.5 cm³/mol. The molecular formula is C11H17N3. The Hall–Kier alpha value is -1.09. The maximum atomic E-state index is 4.40. The molecule has 3 nitrogen and oxygen atoms in total. The number of piperazine rings is 1. The smallest absolute Gasteiger partial charge is 0.128 e. The van der Waals surface area contributed by atoms with Crippen molar-refractivity contribution in [1.29, 1.82) is 0 Å². The maximum absolute atomic E-state index is 4.40. The van der Waals surface area contributed by atoms with Crippen LogP contribution in [0.1, 0.15) is 13.3 Å². The Balaban J connectivity index is 2.15. The molecule has 0 unspecified atom stereocenters. The third kappa shape index (κ3) is 1.87. The quantitative estimate of drug-likeness (QED) is 0.763. The highest BCUT2D eigenvalue weighted by Gasteiger charge is 2.20. The van der Waals surface area contributed by atoms with E-state index >= 15 is 0 Å². The van der Waals surface area contributed by atoms with E-state index in [1.807, 2.05) is 12.3 Å². The van der Waals surface area contributed by atoms with E-state index in [1.54, 1.807) is 0 Å². The van der Waals surface area contributed by atoms with Gasteiger partial charge in [-0.05, 0) is 18.6 Å². The minimum Gasteiger partial charge on any atom is -0.351 e. The fourth-order valence-electron chi connectivity index (χ4n) is 1.95. The molecule has 1 aromatic heterocycles. The normalized spacial score (nSPS) is 22.4. The molecular weight excluding hydrogens is 174 g/mol. The van der Waals surface area contributed by atoms with Crippen molar-refractivity contribution in [2.45, 2.75) is 19.4 Å². The Morgan fingerprint density at radius 2 is 2.50 bits per heavy atom. The van der Waals surface area contributed by atoms with Crippen molar-refractivity contribution in [2.24, 2.45) is 0 Å². The van der Waals surface area contributed by atoms with Gasteiger partial charge in [0.2, 0.25) is 0 Å². The molecule has 0 bridgehead atoms. The van der Waals surface area contributed by atoms with Crippen molar-refractivity contribution < 1.29 is 0 Å². The van der Waals surface area contributed by atoms with Gasteiger partial charge >= 0.3 is 0 Å². The predicted octanol–water partition coefficient (Wildman–Crippen LogP) is 1.27. The summed E-state index contributed by atoms with van der Waals surface area (Å²) in [7, 11) is 0. The summed E-state index contributed by atoms with van der Waals surface area (Å²) in [6.07, 6.45) is 3.04. The number of nitrogens with one attached hydrogen (secondary N) is 1. The van der Waals surface area contributed by atoms with Crippen LogP contribution in [0.15, 0.2) is 24.4 Å². The van der Waals surface area contributed by atoms with Crippen LogP contribution >= 0.6 is 0 Å². The Morgan fingerprint density at radius 3 is 3.21 bits per heavy atom. The zero-order chi connectivity index (χ0) is 9.80. The number of aromatic nitrogens is 1. The summed E-state index contributed by atoms with van der Waals surface area (Å²) in [6, 6.07) is 6.70. The van der Waals surface area contributed by atoms with Crippen LogP contribution < -0.4 is 10.2 Å². The fourth-order valence-corrected chi connectivity index (χ4v) is 1.95. The van der Waals surface area contributed by atoms with Gasteiger partial charge in [-0.3, -0.25) is 0 Å². The lowest BCUT2D eigenvalue weighted by Gasteiger charge is -2.36. The number of pyridine rings is 1. The van der Waals surface area contributed by atoms with Crippen molar-refractivity contribution in [3.8, 4) is 0 Å². The van der Waals surface area contributed by atoms with Crippen LogP contribution in [0.2, 0.25) is 0 Å². The van der Waals surface area contributed by atoms with E-state index in [1.165, 1.54) is 6.42 Å². The molecule has 0 spiro atoms. The van der Waals surface area contributed by atoms with E-state index in [2.05, 4.69) is 34.3 Å². The summed E-state index contributed by atoms with van der Waals surface area (Å²) in [6.45, 7) is 5.43. The topological polar surface area (TPSA) is 28.2 Å². The Kier molecular flexibility index (Phi) is 2.99. The molecule has 0 aliphatic carbocycles. The monoisotopic (exact) mass is 191 g/mol. The molecule has 0 aromatic carbocycles. The van der Waals surface area contributed by atoms with E-state index in [9.17, 15) is 0 Å². The van der Waals surface area contributed by atoms with Gasteiger partial charge in [0.25, 0.3) is 0 Å². The van der Waals surface area contributed by atoms with E-state index in [0.29, 0.717) is 6.04 Å². The summed E-state index contributed by atoms with van der Waals surface area (Å²) in [4.78, 5) is 6.80. The van der Waals surface area contributed by atoms with Gasteiger partial charge < -0.3 is 10.2 Å². The highest BCUT2D eigenvalue weighted by molar-refractivity contribution is 5.39. The standard InChI is InChI=1S/C11H17N3/c1-2-10-9-12-7-8-14(10)11-5-3-4-6-13-11/h3-6,10,12H,2,7-9H2,1H3/t10-/m1/s1. The maximum Gasteiger partial charge on any atom is 0.128 e. The SMILES string of the molecule is CC[C@@H]1CNCCN1c1ccccn1. The lowest BCUT2D eigenvalue weighted by molar-refractivity contribution is 0.463. The van der Waals surface area contributed by atoms with Gasteiger partial charge in [0.1, 0.15) is 5.82 Å². The first kappa shape index (κ1) is 9.46. The zero-order valence-corrected chi connectivity index (χ0v) is 8.61. The van der Waals surface area contributed by atoms with E-state index in [0.717, 1.165) is 25.5 Å². The average Bonchev–Trinajstić information content (AvgIpc) is 2.30. The van der Waals surface area contributed by atoms with Gasteiger partial charge in [-0.2, -0.15) is 0 Å². The third-order valence-electron chi connectivity index (χ3n) is 2.77. The molecule has 3 heteroatoms. The average molecular weight is 191 g/mol. The van der Waals surface area contributed by atoms with E-state index in [4.69, 9.17) is 0 Å². The molecule has 2 rings (SSSR count). The molecule has 0 saturated carbocycles. The van der Waals surface area contributed by atoms with Crippen molar-refractivity contribution in [1.82, 2.24) is 10.3 Å². The van der Waals surface area contributed by atoms with Crippen LogP contribution in [0, 0.1) is 0 Å². The van der Waals surface area contributed by atoms with Crippen LogP contribution in [0.3, 0.4) is 0 Å². The van der Waals surface area contributed by atoms with Gasteiger partial charge in [0.05, 0.1) is 0 Å². The molecule has 1 aliphatic heterocycles. The first-order chi connectivity index (χ1) is 6.92. The molecule has 1 fully saturated rings. The fraction of sp³-hybridized carbons (Fsp3) is 0.545. The number of hydrogen-bond donors (Lipinski definition) is 1. The van der Waals surface area contributed by atoms with Crippen LogP contribution in [0.25, 0.3) is 0 Å². The second kappa shape index (κ2) is 4.42. The van der Waals surface area contributed by atoms with E-state index in [-0.39, 0.29) is 0 Å². The molecule has 1 aliphatic rings. The Bertz CT molecular complexity index is 273. The molecule has 1 saturated heterocycles. The van der Waals surface area contributed by atoms with Gasteiger partial charge in [0.15, 0.2) is 0 Å². The number of anilines is 1. The van der Waals surface area contributed by atoms with Crippen LogP contribution in [-0.4, -0.2) is 30.7 Å². The van der Waals surface area contributed by atoms with Crippen molar-refractivity contribution in [3.05, 3.63) is 24.4 Å².